The van der Waals surface area contributed by atoms with Gasteiger partial charge in [-0.15, -0.1) is 0 Å². The molecule has 12 nitrogen and oxygen atoms in total. The van der Waals surface area contributed by atoms with Crippen molar-refractivity contribution in [2.45, 2.75) is 6.54 Å². The molecule has 0 atom stereocenters. The van der Waals surface area contributed by atoms with Gasteiger partial charge in [-0.3, -0.25) is 10.1 Å². The van der Waals surface area contributed by atoms with Gasteiger partial charge in [0, 0.05) is 17.8 Å². The third-order valence-electron chi connectivity index (χ3n) is 4.46. The first-order chi connectivity index (χ1) is 16.6. The van der Waals surface area contributed by atoms with Crippen molar-refractivity contribution in [3.8, 4) is 5.75 Å². The number of nitrogens with zero attached hydrogens (tertiary/aromatic N) is 5. The number of rotatable bonds is 10. The van der Waals surface area contributed by atoms with Crippen LogP contribution in [0.5, 0.6) is 5.75 Å². The maximum Gasteiger partial charge on any atom is 0.269 e. The third-order valence-corrected chi connectivity index (χ3v) is 4.46. The first-order valence-electron chi connectivity index (χ1n) is 10.1. The van der Waals surface area contributed by atoms with E-state index in [1.807, 2.05) is 30.3 Å². The highest BCUT2D eigenvalue weighted by molar-refractivity contribution is 5.80. The number of anilines is 4. The van der Waals surface area contributed by atoms with Crippen LogP contribution in [-0.2, 0) is 6.54 Å². The fourth-order valence-corrected chi connectivity index (χ4v) is 2.79. The monoisotopic (exact) mass is 460 g/mol. The molecule has 0 aliphatic heterocycles. The summed E-state index contributed by atoms with van der Waals surface area (Å²) in [5, 5.41) is 21.1. The van der Waals surface area contributed by atoms with E-state index in [1.165, 1.54) is 18.3 Å². The molecule has 0 amide bonds. The predicted molar refractivity (Wildman–Crippen MR) is 126 cm³/mol. The minimum atomic E-state index is -0.460. The van der Waals surface area contributed by atoms with Crippen molar-refractivity contribution in [1.29, 1.82) is 0 Å². The Morgan fingerprint density at radius 1 is 1.03 bits per heavy atom. The molecule has 4 rings (SSSR count). The lowest BCUT2D eigenvalue weighted by molar-refractivity contribution is -0.384. The average Bonchev–Trinajstić information content (AvgIpc) is 3.37. The first kappa shape index (κ1) is 22.2. The molecular formula is C22H20N8O4. The summed E-state index contributed by atoms with van der Waals surface area (Å²) < 4.78 is 10.5. The summed E-state index contributed by atoms with van der Waals surface area (Å²) in [5.74, 6) is 2.22. The molecule has 172 valence electrons. The van der Waals surface area contributed by atoms with Gasteiger partial charge in [0.2, 0.25) is 17.8 Å². The van der Waals surface area contributed by atoms with Crippen LogP contribution in [0.15, 0.2) is 76.4 Å². The molecule has 4 aromatic rings. The average molecular weight is 460 g/mol. The molecule has 12 heteroatoms. The van der Waals surface area contributed by atoms with Crippen LogP contribution in [0.3, 0.4) is 0 Å². The van der Waals surface area contributed by atoms with Crippen molar-refractivity contribution in [1.82, 2.24) is 15.0 Å². The summed E-state index contributed by atoms with van der Waals surface area (Å²) in [5.41, 5.74) is 4.18. The van der Waals surface area contributed by atoms with Gasteiger partial charge in [0.25, 0.3) is 5.69 Å². The number of furan rings is 1. The fraction of sp³-hybridized carbons (Fsp3) is 0.0909. The summed E-state index contributed by atoms with van der Waals surface area (Å²) in [6.07, 6.45) is 3.08. The molecular weight excluding hydrogens is 440 g/mol. The second kappa shape index (κ2) is 10.5. The van der Waals surface area contributed by atoms with Gasteiger partial charge in [-0.2, -0.15) is 20.1 Å². The Bertz CT molecular complexity index is 1260. The number of hydrogen-bond acceptors (Lipinski definition) is 11. The molecule has 34 heavy (non-hydrogen) atoms. The molecule has 2 aromatic carbocycles. The topological polar surface area (TPSA) is 153 Å². The highest BCUT2D eigenvalue weighted by Gasteiger charge is 2.08. The maximum atomic E-state index is 10.8. The van der Waals surface area contributed by atoms with Crippen LogP contribution in [0.1, 0.15) is 11.3 Å². The molecule has 0 radical (unpaired) electrons. The zero-order valence-electron chi connectivity index (χ0n) is 18.0. The molecule has 0 spiro atoms. The Balaban J connectivity index is 1.50. The van der Waals surface area contributed by atoms with Crippen molar-refractivity contribution in [3.05, 3.63) is 88.4 Å². The van der Waals surface area contributed by atoms with E-state index < -0.39 is 4.92 Å². The van der Waals surface area contributed by atoms with Crippen LogP contribution >= 0.6 is 0 Å². The number of hydrazone groups is 1. The Morgan fingerprint density at radius 3 is 2.44 bits per heavy atom. The zero-order chi connectivity index (χ0) is 23.8. The second-order valence-corrected chi connectivity index (χ2v) is 6.81. The number of non-ortho nitro benzene ring substituents is 1. The van der Waals surface area contributed by atoms with Gasteiger partial charge in [0.05, 0.1) is 31.1 Å². The van der Waals surface area contributed by atoms with E-state index in [2.05, 4.69) is 36.1 Å². The number of nitro benzene ring substituents is 1. The van der Waals surface area contributed by atoms with E-state index in [4.69, 9.17) is 9.15 Å². The molecule has 2 aromatic heterocycles. The largest absolute Gasteiger partial charge is 0.497 e. The number of nitro groups is 1. The lowest BCUT2D eigenvalue weighted by Gasteiger charge is -2.10. The molecule has 0 fully saturated rings. The molecule has 0 saturated heterocycles. The smallest absolute Gasteiger partial charge is 0.269 e. The van der Waals surface area contributed by atoms with Crippen LogP contribution in [0.4, 0.5) is 29.2 Å². The Labute approximate surface area is 193 Å². The highest BCUT2D eigenvalue weighted by Crippen LogP contribution is 2.19. The van der Waals surface area contributed by atoms with Crippen LogP contribution < -0.4 is 20.8 Å². The summed E-state index contributed by atoms with van der Waals surface area (Å²) in [6, 6.07) is 16.9. The molecule has 3 N–H and O–H groups in total. The van der Waals surface area contributed by atoms with Crippen molar-refractivity contribution in [2.24, 2.45) is 5.10 Å². The van der Waals surface area contributed by atoms with E-state index in [0.29, 0.717) is 18.1 Å². The second-order valence-electron chi connectivity index (χ2n) is 6.81. The minimum absolute atomic E-state index is 0.00379. The minimum Gasteiger partial charge on any atom is -0.497 e. The standard InChI is InChI=1S/C22H20N8O4/c1-33-18-10-6-16(7-11-18)25-21-26-20(23-14-19-3-2-12-34-19)27-22(28-21)29-24-13-15-4-8-17(9-5-15)30(31)32/h2-13H,14H2,1H3,(H3,23,25,26,27,28,29)/b24-13+. The molecule has 0 saturated carbocycles. The third kappa shape index (κ3) is 6.03. The lowest BCUT2D eigenvalue weighted by atomic mass is 10.2. The fourth-order valence-electron chi connectivity index (χ4n) is 2.79. The molecule has 0 bridgehead atoms. The SMILES string of the molecule is COc1ccc(Nc2nc(NCc3ccco3)nc(N/N=C/c3ccc([N+](=O)[O-])cc3)n2)cc1. The summed E-state index contributed by atoms with van der Waals surface area (Å²) in [6.45, 7) is 0.379. The van der Waals surface area contributed by atoms with Gasteiger partial charge in [-0.25, -0.2) is 5.43 Å². The van der Waals surface area contributed by atoms with E-state index >= 15 is 0 Å². The van der Waals surface area contributed by atoms with Gasteiger partial charge in [0.15, 0.2) is 0 Å². The van der Waals surface area contributed by atoms with E-state index in [0.717, 1.165) is 17.2 Å². The maximum absolute atomic E-state index is 10.8. The highest BCUT2D eigenvalue weighted by atomic mass is 16.6. The number of methoxy groups -OCH3 is 1. The number of hydrogen-bond donors (Lipinski definition) is 3. The van der Waals surface area contributed by atoms with Gasteiger partial charge in [-0.05, 0) is 54.1 Å². The van der Waals surface area contributed by atoms with Crippen molar-refractivity contribution >= 4 is 35.4 Å². The zero-order valence-corrected chi connectivity index (χ0v) is 18.0. The molecule has 0 aliphatic carbocycles. The Kier molecular flexibility index (Phi) is 6.89. The molecule has 2 heterocycles. The van der Waals surface area contributed by atoms with Crippen LogP contribution in [0, 0.1) is 10.1 Å². The van der Waals surface area contributed by atoms with Crippen LogP contribution in [0.2, 0.25) is 0 Å². The van der Waals surface area contributed by atoms with Gasteiger partial charge in [0.1, 0.15) is 11.5 Å². The number of ether oxygens (including phenoxy) is 1. The van der Waals surface area contributed by atoms with Crippen LogP contribution in [0.25, 0.3) is 0 Å². The number of aromatic nitrogens is 3. The van der Waals surface area contributed by atoms with Crippen molar-refractivity contribution < 1.29 is 14.1 Å². The molecule has 0 aliphatic rings. The van der Waals surface area contributed by atoms with Gasteiger partial charge >= 0.3 is 0 Å². The van der Waals surface area contributed by atoms with E-state index in [1.54, 1.807) is 31.6 Å². The Morgan fingerprint density at radius 2 is 1.76 bits per heavy atom. The summed E-state index contributed by atoms with van der Waals surface area (Å²) in [7, 11) is 1.60. The van der Waals surface area contributed by atoms with E-state index in [9.17, 15) is 10.1 Å². The van der Waals surface area contributed by atoms with Crippen LogP contribution in [-0.4, -0.2) is 33.2 Å². The van der Waals surface area contributed by atoms with Gasteiger partial charge < -0.3 is 19.8 Å². The normalized spacial score (nSPS) is 10.7. The van der Waals surface area contributed by atoms with E-state index in [-0.39, 0.29) is 17.6 Å². The van der Waals surface area contributed by atoms with Crippen molar-refractivity contribution in [3.63, 3.8) is 0 Å². The lowest BCUT2D eigenvalue weighted by Crippen LogP contribution is -2.09. The molecule has 0 unspecified atom stereocenters. The first-order valence-corrected chi connectivity index (χ1v) is 10.1. The summed E-state index contributed by atoms with van der Waals surface area (Å²) in [4.78, 5) is 23.4. The van der Waals surface area contributed by atoms with Crippen molar-refractivity contribution in [2.75, 3.05) is 23.2 Å². The Hall–Kier alpha value is -5.00. The van der Waals surface area contributed by atoms with Gasteiger partial charge in [-0.1, -0.05) is 0 Å². The number of benzene rings is 2. The summed E-state index contributed by atoms with van der Waals surface area (Å²) >= 11 is 0. The quantitative estimate of drug-likeness (QED) is 0.178. The predicted octanol–water partition coefficient (Wildman–Crippen LogP) is 4.18. The number of nitrogens with one attached hydrogen (secondary N) is 3.